The van der Waals surface area contributed by atoms with Gasteiger partial charge in [0, 0.05) is 29.8 Å². The van der Waals surface area contributed by atoms with E-state index in [0.29, 0.717) is 0 Å². The Labute approximate surface area is 170 Å². The van der Waals surface area contributed by atoms with Gasteiger partial charge in [-0.2, -0.15) is 5.10 Å². The normalized spacial score (nSPS) is 15.3. The zero-order chi connectivity index (χ0) is 20.2. The van der Waals surface area contributed by atoms with E-state index in [1.165, 1.54) is 0 Å². The molecule has 1 aromatic heterocycles. The number of hydrogen-bond donors (Lipinski definition) is 1. The van der Waals surface area contributed by atoms with Gasteiger partial charge in [0.05, 0.1) is 18.5 Å². The summed E-state index contributed by atoms with van der Waals surface area (Å²) in [5.41, 5.74) is 9.63. The molecule has 0 aliphatic carbocycles. The molecule has 150 valence electrons. The molecule has 3 aromatic rings. The van der Waals surface area contributed by atoms with Crippen molar-refractivity contribution in [3.05, 3.63) is 66.4 Å². The van der Waals surface area contributed by atoms with E-state index >= 15 is 0 Å². The fourth-order valence-electron chi connectivity index (χ4n) is 3.87. The van der Waals surface area contributed by atoms with Crippen LogP contribution in [-0.4, -0.2) is 40.8 Å². The molecule has 0 saturated carbocycles. The van der Waals surface area contributed by atoms with Gasteiger partial charge in [-0.3, -0.25) is 9.69 Å². The standard InChI is InChI=1S/C23H26N4O2/c1-29-21-9-5-6-18(14-21)22-19(15-26-12-10-17(11-13-26)23(24)28)16-27(25-22)20-7-3-2-4-8-20/h2-9,14,16-17H,10-13,15H2,1H3,(H2,24,28). The molecule has 1 aliphatic rings. The van der Waals surface area contributed by atoms with Crippen LogP contribution in [0.1, 0.15) is 18.4 Å². The minimum atomic E-state index is -0.182. The number of para-hydroxylation sites is 1. The van der Waals surface area contributed by atoms with Gasteiger partial charge in [0.2, 0.25) is 5.91 Å². The third kappa shape index (κ3) is 4.32. The number of carbonyl (C=O) groups excluding carboxylic acids is 1. The highest BCUT2D eigenvalue weighted by Gasteiger charge is 2.24. The zero-order valence-electron chi connectivity index (χ0n) is 16.6. The molecule has 0 atom stereocenters. The number of nitrogens with two attached hydrogens (primary N) is 1. The van der Waals surface area contributed by atoms with Crippen molar-refractivity contribution in [1.82, 2.24) is 14.7 Å². The number of methoxy groups -OCH3 is 1. The Kier molecular flexibility index (Phi) is 5.62. The first kappa shape index (κ1) is 19.2. The lowest BCUT2D eigenvalue weighted by molar-refractivity contribution is -0.123. The number of nitrogens with zero attached hydrogens (tertiary/aromatic N) is 3. The Morgan fingerprint density at radius 3 is 2.59 bits per heavy atom. The molecule has 1 aliphatic heterocycles. The largest absolute Gasteiger partial charge is 0.497 e. The van der Waals surface area contributed by atoms with Crippen molar-refractivity contribution >= 4 is 5.91 Å². The van der Waals surface area contributed by atoms with Gasteiger partial charge >= 0.3 is 0 Å². The van der Waals surface area contributed by atoms with Crippen LogP contribution < -0.4 is 10.5 Å². The first-order valence-corrected chi connectivity index (χ1v) is 9.94. The predicted octanol–water partition coefficient (Wildman–Crippen LogP) is 3.25. The van der Waals surface area contributed by atoms with Crippen molar-refractivity contribution in [2.45, 2.75) is 19.4 Å². The highest BCUT2D eigenvalue weighted by Crippen LogP contribution is 2.29. The average molecular weight is 390 g/mol. The topological polar surface area (TPSA) is 73.4 Å². The third-order valence-electron chi connectivity index (χ3n) is 5.54. The molecule has 0 spiro atoms. The maximum absolute atomic E-state index is 11.5. The molecule has 0 unspecified atom stereocenters. The Hall–Kier alpha value is -3.12. The summed E-state index contributed by atoms with van der Waals surface area (Å²) in [6.45, 7) is 2.51. The summed E-state index contributed by atoms with van der Waals surface area (Å²) in [6.07, 6.45) is 3.73. The van der Waals surface area contributed by atoms with E-state index in [0.717, 1.165) is 60.7 Å². The van der Waals surface area contributed by atoms with E-state index in [1.807, 2.05) is 53.2 Å². The molecule has 0 bridgehead atoms. The Morgan fingerprint density at radius 2 is 1.90 bits per heavy atom. The quantitative estimate of drug-likeness (QED) is 0.701. The van der Waals surface area contributed by atoms with E-state index in [2.05, 4.69) is 17.2 Å². The minimum Gasteiger partial charge on any atom is -0.497 e. The van der Waals surface area contributed by atoms with Gasteiger partial charge in [-0.25, -0.2) is 4.68 Å². The van der Waals surface area contributed by atoms with Gasteiger partial charge in [-0.05, 0) is 50.2 Å². The van der Waals surface area contributed by atoms with E-state index in [4.69, 9.17) is 15.6 Å². The number of carbonyl (C=O) groups is 1. The van der Waals surface area contributed by atoms with Crippen LogP contribution in [0.2, 0.25) is 0 Å². The second kappa shape index (κ2) is 8.49. The van der Waals surface area contributed by atoms with E-state index < -0.39 is 0 Å². The lowest BCUT2D eigenvalue weighted by atomic mass is 9.96. The van der Waals surface area contributed by atoms with Crippen LogP contribution in [0.15, 0.2) is 60.8 Å². The molecule has 29 heavy (non-hydrogen) atoms. The average Bonchev–Trinajstić information content (AvgIpc) is 3.18. The van der Waals surface area contributed by atoms with Gasteiger partial charge < -0.3 is 10.5 Å². The Balaban J connectivity index is 1.64. The Bertz CT molecular complexity index is 976. The van der Waals surface area contributed by atoms with Gasteiger partial charge in [0.15, 0.2) is 0 Å². The van der Waals surface area contributed by atoms with Crippen LogP contribution in [0, 0.1) is 5.92 Å². The molecular weight excluding hydrogens is 364 g/mol. The summed E-state index contributed by atoms with van der Waals surface area (Å²) in [4.78, 5) is 13.8. The molecule has 2 aromatic carbocycles. The van der Waals surface area contributed by atoms with Crippen molar-refractivity contribution < 1.29 is 9.53 Å². The highest BCUT2D eigenvalue weighted by atomic mass is 16.5. The van der Waals surface area contributed by atoms with E-state index in [-0.39, 0.29) is 11.8 Å². The Morgan fingerprint density at radius 1 is 1.14 bits per heavy atom. The monoisotopic (exact) mass is 390 g/mol. The number of aromatic nitrogens is 2. The van der Waals surface area contributed by atoms with Crippen LogP contribution in [0.5, 0.6) is 5.75 Å². The highest BCUT2D eigenvalue weighted by molar-refractivity contribution is 5.76. The van der Waals surface area contributed by atoms with Crippen LogP contribution >= 0.6 is 0 Å². The molecular formula is C23H26N4O2. The maximum Gasteiger partial charge on any atom is 0.220 e. The zero-order valence-corrected chi connectivity index (χ0v) is 16.6. The fourth-order valence-corrected chi connectivity index (χ4v) is 3.87. The summed E-state index contributed by atoms with van der Waals surface area (Å²) in [7, 11) is 1.67. The lowest BCUT2D eigenvalue weighted by Gasteiger charge is -2.30. The van der Waals surface area contributed by atoms with Crippen molar-refractivity contribution in [3.8, 4) is 22.7 Å². The SMILES string of the molecule is COc1cccc(-c2nn(-c3ccccc3)cc2CN2CCC(C(N)=O)CC2)c1. The van der Waals surface area contributed by atoms with Crippen molar-refractivity contribution in [2.75, 3.05) is 20.2 Å². The van der Waals surface area contributed by atoms with Gasteiger partial charge in [-0.1, -0.05) is 30.3 Å². The number of piperidine rings is 1. The number of likely N-dealkylation sites (tertiary alicyclic amines) is 1. The van der Waals surface area contributed by atoms with Crippen LogP contribution in [0.4, 0.5) is 0 Å². The number of hydrogen-bond acceptors (Lipinski definition) is 4. The molecule has 1 amide bonds. The number of ether oxygens (including phenoxy) is 1. The van der Waals surface area contributed by atoms with Gasteiger partial charge in [0.1, 0.15) is 5.75 Å². The van der Waals surface area contributed by atoms with Crippen LogP contribution in [0.3, 0.4) is 0 Å². The van der Waals surface area contributed by atoms with Crippen molar-refractivity contribution in [3.63, 3.8) is 0 Å². The lowest BCUT2D eigenvalue weighted by Crippen LogP contribution is -2.38. The molecule has 2 N–H and O–H groups in total. The first-order valence-electron chi connectivity index (χ1n) is 9.94. The van der Waals surface area contributed by atoms with E-state index in [1.54, 1.807) is 7.11 Å². The summed E-state index contributed by atoms with van der Waals surface area (Å²) < 4.78 is 7.33. The predicted molar refractivity (Wildman–Crippen MR) is 113 cm³/mol. The third-order valence-corrected chi connectivity index (χ3v) is 5.54. The maximum atomic E-state index is 11.5. The summed E-state index contributed by atoms with van der Waals surface area (Å²) >= 11 is 0. The molecule has 2 heterocycles. The number of benzene rings is 2. The molecule has 6 heteroatoms. The molecule has 1 fully saturated rings. The smallest absolute Gasteiger partial charge is 0.220 e. The summed E-state index contributed by atoms with van der Waals surface area (Å²) in [5.74, 6) is 0.625. The number of primary amides is 1. The van der Waals surface area contributed by atoms with E-state index in [9.17, 15) is 4.79 Å². The number of amides is 1. The van der Waals surface area contributed by atoms with Crippen molar-refractivity contribution in [2.24, 2.45) is 11.7 Å². The first-order chi connectivity index (χ1) is 14.1. The van der Waals surface area contributed by atoms with Gasteiger partial charge in [-0.15, -0.1) is 0 Å². The molecule has 0 radical (unpaired) electrons. The molecule has 6 nitrogen and oxygen atoms in total. The van der Waals surface area contributed by atoms with Crippen molar-refractivity contribution in [1.29, 1.82) is 0 Å². The summed E-state index contributed by atoms with van der Waals surface area (Å²) in [5, 5.41) is 4.90. The summed E-state index contributed by atoms with van der Waals surface area (Å²) in [6, 6.07) is 18.1. The molecule has 1 saturated heterocycles. The van der Waals surface area contributed by atoms with Crippen LogP contribution in [-0.2, 0) is 11.3 Å². The number of rotatable bonds is 6. The molecule has 4 rings (SSSR count). The van der Waals surface area contributed by atoms with Crippen LogP contribution in [0.25, 0.3) is 16.9 Å². The second-order valence-corrected chi connectivity index (χ2v) is 7.47. The second-order valence-electron chi connectivity index (χ2n) is 7.47. The fraction of sp³-hybridized carbons (Fsp3) is 0.304. The van der Waals surface area contributed by atoms with Gasteiger partial charge in [0.25, 0.3) is 0 Å². The minimum absolute atomic E-state index is 0.00357.